The summed E-state index contributed by atoms with van der Waals surface area (Å²) in [7, 11) is 0. The van der Waals surface area contributed by atoms with Gasteiger partial charge in [-0.1, -0.05) is 17.7 Å². The molecule has 3 rings (SSSR count). The zero-order chi connectivity index (χ0) is 15.0. The summed E-state index contributed by atoms with van der Waals surface area (Å²) in [5.41, 5.74) is 1.73. The minimum Gasteiger partial charge on any atom is -0.356 e. The summed E-state index contributed by atoms with van der Waals surface area (Å²) >= 11 is 9.95. The van der Waals surface area contributed by atoms with Crippen LogP contribution in [0, 0.1) is 5.82 Å². The molecule has 0 saturated carbocycles. The third-order valence-electron chi connectivity index (χ3n) is 3.07. The Balaban J connectivity index is 2.03. The molecule has 21 heavy (non-hydrogen) atoms. The normalized spacial score (nSPS) is 18.5. The maximum atomic E-state index is 13.2. The third kappa shape index (κ3) is 2.97. The first-order valence-corrected chi connectivity index (χ1v) is 8.46. The van der Waals surface area contributed by atoms with Crippen LogP contribution in [0.15, 0.2) is 44.0 Å². The van der Waals surface area contributed by atoms with Crippen LogP contribution >= 0.6 is 45.5 Å². The van der Waals surface area contributed by atoms with Crippen LogP contribution in [0.3, 0.4) is 0 Å². The molecule has 2 heterocycles. The van der Waals surface area contributed by atoms with E-state index in [-0.39, 0.29) is 11.9 Å². The van der Waals surface area contributed by atoms with E-state index in [4.69, 9.17) is 11.6 Å². The number of rotatable bonds is 2. The molecule has 0 fully saturated rings. The molecule has 1 atom stereocenters. The number of aliphatic imine (C=N–C) groups is 1. The molecule has 1 aromatic carbocycles. The zero-order valence-electron chi connectivity index (χ0n) is 10.9. The van der Waals surface area contributed by atoms with Crippen molar-refractivity contribution in [3.05, 3.63) is 60.5 Å². The largest absolute Gasteiger partial charge is 0.356 e. The number of hydrogen-bond donors (Lipinski definition) is 1. The maximum absolute atomic E-state index is 13.2. The predicted octanol–water partition coefficient (Wildman–Crippen LogP) is 4.69. The van der Waals surface area contributed by atoms with E-state index in [0.29, 0.717) is 10.9 Å². The molecule has 7 heteroatoms. The molecule has 1 unspecified atom stereocenters. The van der Waals surface area contributed by atoms with Crippen molar-refractivity contribution in [2.75, 3.05) is 0 Å². The van der Waals surface area contributed by atoms with Gasteiger partial charge in [-0.15, -0.1) is 11.3 Å². The summed E-state index contributed by atoms with van der Waals surface area (Å²) in [5, 5.41) is 6.46. The van der Waals surface area contributed by atoms with Gasteiger partial charge >= 0.3 is 0 Å². The van der Waals surface area contributed by atoms with E-state index in [1.165, 1.54) is 23.5 Å². The minimum atomic E-state index is -0.343. The van der Waals surface area contributed by atoms with E-state index in [0.717, 1.165) is 19.8 Å². The Bertz CT molecular complexity index is 743. The SMILES string of the molecule is CC1=C(I)C(c2ccc(F)cc2Cl)NC(c2nccs2)=N1. The molecule has 1 aliphatic rings. The summed E-state index contributed by atoms with van der Waals surface area (Å²) in [6.45, 7) is 1.95. The van der Waals surface area contributed by atoms with Crippen LogP contribution in [0.2, 0.25) is 5.02 Å². The maximum Gasteiger partial charge on any atom is 0.163 e. The van der Waals surface area contributed by atoms with E-state index in [9.17, 15) is 4.39 Å². The first kappa shape index (κ1) is 14.9. The number of benzene rings is 1. The second kappa shape index (κ2) is 6.02. The fourth-order valence-corrected chi connectivity index (χ4v) is 3.54. The molecule has 3 nitrogen and oxygen atoms in total. The monoisotopic (exact) mass is 433 g/mol. The van der Waals surface area contributed by atoms with Crippen LogP contribution < -0.4 is 5.32 Å². The first-order valence-electron chi connectivity index (χ1n) is 6.12. The Labute approximate surface area is 144 Å². The number of aromatic nitrogens is 1. The zero-order valence-corrected chi connectivity index (χ0v) is 14.6. The van der Waals surface area contributed by atoms with Crippen LogP contribution in [0.5, 0.6) is 0 Å². The fraction of sp³-hybridized carbons (Fsp3) is 0.143. The number of hydrogen-bond acceptors (Lipinski definition) is 4. The summed E-state index contributed by atoms with van der Waals surface area (Å²) in [6, 6.07) is 4.30. The molecule has 0 aliphatic carbocycles. The minimum absolute atomic E-state index is 0.143. The van der Waals surface area contributed by atoms with E-state index in [2.05, 4.69) is 37.9 Å². The van der Waals surface area contributed by atoms with Crippen molar-refractivity contribution in [1.82, 2.24) is 10.3 Å². The molecule has 0 saturated heterocycles. The number of halogens is 3. The van der Waals surface area contributed by atoms with Crippen LogP contribution in [0.4, 0.5) is 4.39 Å². The number of amidine groups is 1. The summed E-state index contributed by atoms with van der Waals surface area (Å²) < 4.78 is 14.3. The van der Waals surface area contributed by atoms with Crippen molar-refractivity contribution in [3.63, 3.8) is 0 Å². The van der Waals surface area contributed by atoms with Gasteiger partial charge in [0.25, 0.3) is 0 Å². The van der Waals surface area contributed by atoms with Crippen LogP contribution in [-0.2, 0) is 0 Å². The first-order chi connectivity index (χ1) is 10.1. The Morgan fingerprint density at radius 1 is 1.43 bits per heavy atom. The molecular formula is C14H10ClFIN3S. The van der Waals surface area contributed by atoms with Gasteiger partial charge in [0.05, 0.1) is 11.7 Å². The topological polar surface area (TPSA) is 37.3 Å². The van der Waals surface area contributed by atoms with E-state index in [1.807, 2.05) is 12.3 Å². The number of allylic oxidation sites excluding steroid dienone is 1. The molecule has 1 N–H and O–H groups in total. The van der Waals surface area contributed by atoms with Crippen molar-refractivity contribution in [1.29, 1.82) is 0 Å². The molecule has 2 aromatic rings. The highest BCUT2D eigenvalue weighted by molar-refractivity contribution is 14.1. The average Bonchev–Trinajstić information content (AvgIpc) is 2.96. The average molecular weight is 434 g/mol. The van der Waals surface area contributed by atoms with Crippen molar-refractivity contribution in [3.8, 4) is 0 Å². The van der Waals surface area contributed by atoms with Gasteiger partial charge in [-0.2, -0.15) is 0 Å². The summed E-state index contributed by atoms with van der Waals surface area (Å²) in [5.74, 6) is 0.373. The van der Waals surface area contributed by atoms with Crippen molar-refractivity contribution >= 4 is 51.4 Å². The Morgan fingerprint density at radius 3 is 2.90 bits per heavy atom. The van der Waals surface area contributed by atoms with Crippen molar-refractivity contribution < 1.29 is 4.39 Å². The molecule has 0 bridgehead atoms. The second-order valence-corrected chi connectivity index (χ2v) is 6.94. The molecule has 0 radical (unpaired) electrons. The van der Waals surface area contributed by atoms with E-state index in [1.54, 1.807) is 12.3 Å². The van der Waals surface area contributed by atoms with Gasteiger partial charge in [0.2, 0.25) is 0 Å². The van der Waals surface area contributed by atoms with Gasteiger partial charge in [-0.3, -0.25) is 0 Å². The number of nitrogens with one attached hydrogen (secondary N) is 1. The van der Waals surface area contributed by atoms with Crippen LogP contribution in [0.1, 0.15) is 23.5 Å². The lowest BCUT2D eigenvalue weighted by Gasteiger charge is -2.26. The highest BCUT2D eigenvalue weighted by Crippen LogP contribution is 2.36. The van der Waals surface area contributed by atoms with Gasteiger partial charge in [-0.05, 0) is 47.2 Å². The quantitative estimate of drug-likeness (QED) is 0.698. The van der Waals surface area contributed by atoms with Gasteiger partial charge in [0.1, 0.15) is 5.82 Å². The molecule has 1 aliphatic heterocycles. The fourth-order valence-electron chi connectivity index (χ4n) is 2.06. The molecular weight excluding hydrogens is 424 g/mol. The molecule has 0 spiro atoms. The van der Waals surface area contributed by atoms with E-state index >= 15 is 0 Å². The lowest BCUT2D eigenvalue weighted by atomic mass is 10.0. The molecule has 1 aromatic heterocycles. The lowest BCUT2D eigenvalue weighted by molar-refractivity contribution is 0.625. The van der Waals surface area contributed by atoms with Crippen molar-refractivity contribution in [2.45, 2.75) is 13.0 Å². The van der Waals surface area contributed by atoms with Crippen LogP contribution in [-0.4, -0.2) is 10.8 Å². The molecule has 0 amide bonds. The Hall–Kier alpha value is -0.990. The highest BCUT2D eigenvalue weighted by Gasteiger charge is 2.26. The standard InChI is InChI=1S/C14H10ClFIN3S/c1-7-11(17)12(9-3-2-8(16)6-10(9)15)20-13(19-7)14-18-4-5-21-14/h2-6,12H,1H3,(H,19,20). The van der Waals surface area contributed by atoms with Gasteiger partial charge in [-0.25, -0.2) is 14.4 Å². The second-order valence-electron chi connectivity index (χ2n) is 4.47. The smallest absolute Gasteiger partial charge is 0.163 e. The predicted molar refractivity (Wildman–Crippen MR) is 92.7 cm³/mol. The van der Waals surface area contributed by atoms with E-state index < -0.39 is 0 Å². The Morgan fingerprint density at radius 2 is 2.24 bits per heavy atom. The number of nitrogens with zero attached hydrogens (tertiary/aromatic N) is 2. The van der Waals surface area contributed by atoms with Crippen LogP contribution in [0.25, 0.3) is 0 Å². The number of thiazole rings is 1. The lowest BCUT2D eigenvalue weighted by Crippen LogP contribution is -2.32. The highest BCUT2D eigenvalue weighted by atomic mass is 127. The summed E-state index contributed by atoms with van der Waals surface area (Å²) in [6.07, 6.45) is 1.74. The third-order valence-corrected chi connectivity index (χ3v) is 5.58. The summed E-state index contributed by atoms with van der Waals surface area (Å²) in [4.78, 5) is 8.81. The Kier molecular flexibility index (Phi) is 4.28. The molecule has 108 valence electrons. The van der Waals surface area contributed by atoms with Crippen molar-refractivity contribution in [2.24, 2.45) is 4.99 Å². The van der Waals surface area contributed by atoms with Gasteiger partial charge < -0.3 is 5.32 Å². The van der Waals surface area contributed by atoms with Gasteiger partial charge in [0, 0.05) is 20.2 Å². The van der Waals surface area contributed by atoms with Gasteiger partial charge in [0.15, 0.2) is 10.8 Å².